The fraction of sp³-hybridized carbons (Fsp3) is 0.857. The number of esters is 1. The molecule has 0 spiro atoms. The first-order valence-corrected chi connectivity index (χ1v) is 7.39. The Morgan fingerprint density at radius 2 is 1.90 bits per heavy atom. The molecular weight excluding hydrogens is 274 g/mol. The highest BCUT2D eigenvalue weighted by Gasteiger charge is 2.27. The van der Waals surface area contributed by atoms with Crippen molar-refractivity contribution in [1.29, 1.82) is 0 Å². The van der Waals surface area contributed by atoms with Gasteiger partial charge in [-0.3, -0.25) is 14.5 Å². The summed E-state index contributed by atoms with van der Waals surface area (Å²) in [4.78, 5) is 27.7. The molecule has 1 atom stereocenters. The minimum Gasteiger partial charge on any atom is -0.469 e. The number of amides is 1. The molecule has 1 heterocycles. The van der Waals surface area contributed by atoms with Gasteiger partial charge in [0, 0.05) is 46.4 Å². The molecule has 0 aliphatic carbocycles. The first-order chi connectivity index (χ1) is 10.1. The molecule has 7 heteroatoms. The second-order valence-corrected chi connectivity index (χ2v) is 5.11. The van der Waals surface area contributed by atoms with Gasteiger partial charge in [0.2, 0.25) is 5.91 Å². The van der Waals surface area contributed by atoms with E-state index < -0.39 is 0 Å². The molecule has 1 saturated heterocycles. The molecule has 1 amide bonds. The van der Waals surface area contributed by atoms with Crippen molar-refractivity contribution in [3.05, 3.63) is 0 Å². The summed E-state index contributed by atoms with van der Waals surface area (Å²) < 4.78 is 9.68. The summed E-state index contributed by atoms with van der Waals surface area (Å²) in [6, 6.07) is -0.179. The van der Waals surface area contributed by atoms with Gasteiger partial charge in [-0.1, -0.05) is 0 Å². The van der Waals surface area contributed by atoms with Crippen LogP contribution in [0.4, 0.5) is 0 Å². The molecule has 1 unspecified atom stereocenters. The summed E-state index contributed by atoms with van der Waals surface area (Å²) in [7, 11) is 2.95. The average molecular weight is 301 g/mol. The number of carbonyl (C=O) groups excluding carboxylic acids is 2. The van der Waals surface area contributed by atoms with Crippen LogP contribution in [0.5, 0.6) is 0 Å². The lowest BCUT2D eigenvalue weighted by Crippen LogP contribution is -2.54. The van der Waals surface area contributed by atoms with E-state index >= 15 is 0 Å². The zero-order valence-electron chi connectivity index (χ0n) is 13.3. The normalized spacial score (nSPS) is 17.3. The molecule has 0 aromatic heterocycles. The Balaban J connectivity index is 2.57. The monoisotopic (exact) mass is 301 g/mol. The van der Waals surface area contributed by atoms with Crippen LogP contribution in [0.1, 0.15) is 13.3 Å². The maximum Gasteiger partial charge on any atom is 0.307 e. The largest absolute Gasteiger partial charge is 0.469 e. The number of ether oxygens (including phenoxy) is 2. The van der Waals surface area contributed by atoms with Gasteiger partial charge in [0.05, 0.1) is 26.2 Å². The van der Waals surface area contributed by atoms with E-state index in [9.17, 15) is 9.59 Å². The van der Waals surface area contributed by atoms with Gasteiger partial charge >= 0.3 is 5.97 Å². The molecule has 0 radical (unpaired) electrons. The van der Waals surface area contributed by atoms with Crippen molar-refractivity contribution < 1.29 is 19.1 Å². The Morgan fingerprint density at radius 1 is 1.24 bits per heavy atom. The highest BCUT2D eigenvalue weighted by Crippen LogP contribution is 2.07. The van der Waals surface area contributed by atoms with Crippen LogP contribution in [0.3, 0.4) is 0 Å². The lowest BCUT2D eigenvalue weighted by atomic mass is 10.2. The van der Waals surface area contributed by atoms with Crippen molar-refractivity contribution in [3.63, 3.8) is 0 Å². The predicted molar refractivity (Wildman–Crippen MR) is 79.0 cm³/mol. The molecule has 21 heavy (non-hydrogen) atoms. The lowest BCUT2D eigenvalue weighted by molar-refractivity contribution is -0.143. The maximum absolute atomic E-state index is 12.6. The summed E-state index contributed by atoms with van der Waals surface area (Å²) in [6.45, 7) is 6.76. The molecule has 1 N–H and O–H groups in total. The number of nitrogens with one attached hydrogen (secondary N) is 1. The number of piperazine rings is 1. The molecule has 0 aromatic carbocycles. The quantitative estimate of drug-likeness (QED) is 0.599. The van der Waals surface area contributed by atoms with E-state index in [4.69, 9.17) is 4.74 Å². The third kappa shape index (κ3) is 5.99. The van der Waals surface area contributed by atoms with Crippen LogP contribution in [0.15, 0.2) is 0 Å². The van der Waals surface area contributed by atoms with Gasteiger partial charge in [-0.05, 0) is 6.92 Å². The summed E-state index contributed by atoms with van der Waals surface area (Å²) in [5, 5.41) is 3.27. The minimum atomic E-state index is -0.306. The zero-order chi connectivity index (χ0) is 15.7. The van der Waals surface area contributed by atoms with E-state index in [2.05, 4.69) is 15.0 Å². The first-order valence-electron chi connectivity index (χ1n) is 7.39. The van der Waals surface area contributed by atoms with Crippen LogP contribution in [-0.2, 0) is 19.1 Å². The topological polar surface area (TPSA) is 71.1 Å². The fourth-order valence-corrected chi connectivity index (χ4v) is 2.35. The van der Waals surface area contributed by atoms with Crippen molar-refractivity contribution >= 4 is 11.9 Å². The van der Waals surface area contributed by atoms with Gasteiger partial charge in [-0.2, -0.15) is 0 Å². The molecule has 1 fully saturated rings. The molecule has 1 rings (SSSR count). The Kier molecular flexibility index (Phi) is 8.26. The van der Waals surface area contributed by atoms with Crippen LogP contribution in [0.25, 0.3) is 0 Å². The number of carbonyl (C=O) groups is 2. The highest BCUT2D eigenvalue weighted by molar-refractivity contribution is 5.82. The van der Waals surface area contributed by atoms with Crippen LogP contribution in [0.2, 0.25) is 0 Å². The second kappa shape index (κ2) is 9.70. The Bertz CT molecular complexity index is 332. The summed E-state index contributed by atoms with van der Waals surface area (Å²) >= 11 is 0. The van der Waals surface area contributed by atoms with Crippen molar-refractivity contribution in [2.24, 2.45) is 0 Å². The smallest absolute Gasteiger partial charge is 0.307 e. The fourth-order valence-electron chi connectivity index (χ4n) is 2.35. The number of hydrogen-bond acceptors (Lipinski definition) is 6. The Labute approximate surface area is 126 Å². The van der Waals surface area contributed by atoms with E-state index in [1.165, 1.54) is 7.11 Å². The van der Waals surface area contributed by atoms with Crippen LogP contribution >= 0.6 is 0 Å². The van der Waals surface area contributed by atoms with Crippen molar-refractivity contribution in [3.8, 4) is 0 Å². The van der Waals surface area contributed by atoms with E-state index in [1.807, 2.05) is 6.92 Å². The van der Waals surface area contributed by atoms with Crippen molar-refractivity contribution in [2.45, 2.75) is 19.4 Å². The maximum atomic E-state index is 12.6. The lowest BCUT2D eigenvalue weighted by Gasteiger charge is -2.35. The van der Waals surface area contributed by atoms with Gasteiger partial charge in [-0.15, -0.1) is 0 Å². The summed E-state index contributed by atoms with van der Waals surface area (Å²) in [5.74, 6) is -0.266. The van der Waals surface area contributed by atoms with E-state index in [1.54, 1.807) is 12.0 Å². The molecule has 1 aliphatic heterocycles. The third-order valence-corrected chi connectivity index (χ3v) is 3.75. The minimum absolute atomic E-state index is 0.0397. The van der Waals surface area contributed by atoms with Crippen molar-refractivity contribution in [2.75, 3.05) is 60.1 Å². The zero-order valence-corrected chi connectivity index (χ0v) is 13.3. The van der Waals surface area contributed by atoms with Crippen LogP contribution < -0.4 is 5.32 Å². The predicted octanol–water partition coefficient (Wildman–Crippen LogP) is -0.682. The average Bonchev–Trinajstić information content (AvgIpc) is 2.54. The van der Waals surface area contributed by atoms with Gasteiger partial charge in [0.15, 0.2) is 0 Å². The molecule has 1 aliphatic rings. The Morgan fingerprint density at radius 3 is 2.48 bits per heavy atom. The Hall–Kier alpha value is -1.18. The number of methoxy groups -OCH3 is 2. The molecule has 7 nitrogen and oxygen atoms in total. The van der Waals surface area contributed by atoms with Gasteiger partial charge < -0.3 is 19.7 Å². The number of nitrogens with zero attached hydrogens (tertiary/aromatic N) is 2. The standard InChI is InChI=1S/C14H27N3O4/c1-12(16-8-5-15-6-9-16)14(19)17(10-11-20-2)7-4-13(18)21-3/h12,15H,4-11H2,1-3H3. The second-order valence-electron chi connectivity index (χ2n) is 5.11. The highest BCUT2D eigenvalue weighted by atomic mass is 16.5. The summed E-state index contributed by atoms with van der Waals surface area (Å²) in [6.07, 6.45) is 0.209. The van der Waals surface area contributed by atoms with Gasteiger partial charge in [0.25, 0.3) is 0 Å². The molecule has 0 bridgehead atoms. The van der Waals surface area contributed by atoms with E-state index in [-0.39, 0.29) is 24.3 Å². The molecule has 0 saturated carbocycles. The van der Waals surface area contributed by atoms with Crippen LogP contribution in [-0.4, -0.2) is 87.8 Å². The molecular formula is C14H27N3O4. The van der Waals surface area contributed by atoms with E-state index in [0.717, 1.165) is 26.2 Å². The number of rotatable bonds is 8. The SMILES string of the molecule is COCCN(CCC(=O)OC)C(=O)C(C)N1CCNCC1. The number of hydrogen-bond donors (Lipinski definition) is 1. The van der Waals surface area contributed by atoms with Gasteiger partial charge in [0.1, 0.15) is 0 Å². The third-order valence-electron chi connectivity index (χ3n) is 3.75. The van der Waals surface area contributed by atoms with Crippen molar-refractivity contribution in [1.82, 2.24) is 15.1 Å². The van der Waals surface area contributed by atoms with E-state index in [0.29, 0.717) is 19.7 Å². The van der Waals surface area contributed by atoms with Gasteiger partial charge in [-0.25, -0.2) is 0 Å². The van der Waals surface area contributed by atoms with Crippen LogP contribution in [0, 0.1) is 0 Å². The molecule has 0 aromatic rings. The first kappa shape index (κ1) is 17.9. The summed E-state index contributed by atoms with van der Waals surface area (Å²) in [5.41, 5.74) is 0. The molecule has 122 valence electrons.